The molecule has 1 aliphatic heterocycles. The van der Waals surface area contributed by atoms with Crippen LogP contribution in [0.4, 0.5) is 5.69 Å². The molecule has 2 heterocycles. The molecule has 1 saturated heterocycles. The molecule has 1 amide bonds. The van der Waals surface area contributed by atoms with Crippen LogP contribution in [0.5, 0.6) is 0 Å². The molecule has 1 saturated carbocycles. The van der Waals surface area contributed by atoms with Crippen molar-refractivity contribution in [3.63, 3.8) is 0 Å². The van der Waals surface area contributed by atoms with Gasteiger partial charge in [-0.2, -0.15) is 0 Å². The largest absolute Gasteiger partial charge is 0.459 e. The lowest BCUT2D eigenvalue weighted by Crippen LogP contribution is -2.50. The Morgan fingerprint density at radius 1 is 1.18 bits per heavy atom. The maximum absolute atomic E-state index is 12.0. The van der Waals surface area contributed by atoms with Gasteiger partial charge in [-0.25, -0.2) is 0 Å². The lowest BCUT2D eigenvalue weighted by atomic mass is 9.94. The molecule has 3 N–H and O–H groups in total. The molecule has 0 radical (unpaired) electrons. The predicted octanol–water partition coefficient (Wildman–Crippen LogP) is 3.20. The molecule has 152 valence electrons. The maximum atomic E-state index is 12.0. The molecule has 28 heavy (non-hydrogen) atoms. The van der Waals surface area contributed by atoms with E-state index in [1.807, 2.05) is 12.1 Å². The van der Waals surface area contributed by atoms with E-state index in [4.69, 9.17) is 9.15 Å². The van der Waals surface area contributed by atoms with Gasteiger partial charge in [-0.05, 0) is 48.6 Å². The quantitative estimate of drug-likeness (QED) is 0.688. The van der Waals surface area contributed by atoms with Crippen LogP contribution < -0.4 is 16.0 Å². The van der Waals surface area contributed by atoms with Gasteiger partial charge in [0.05, 0.1) is 19.5 Å². The van der Waals surface area contributed by atoms with Gasteiger partial charge >= 0.3 is 0 Å². The molecule has 2 aliphatic rings. The van der Waals surface area contributed by atoms with Crippen molar-refractivity contribution < 1.29 is 13.9 Å². The fraction of sp³-hybridized carbons (Fsp3) is 0.476. The Hall–Kier alpha value is -1.86. The van der Waals surface area contributed by atoms with E-state index in [1.54, 1.807) is 12.1 Å². The summed E-state index contributed by atoms with van der Waals surface area (Å²) in [6.07, 6.45) is 5.25. The first-order valence-electron chi connectivity index (χ1n) is 9.78. The number of hydrogen-bond acceptors (Lipinski definition) is 5. The SMILES string of the molecule is Cl.O=C(Nc1ccc(CNC2CCCC2C2COCCN2)cc1)c1ccco1. The van der Waals surface area contributed by atoms with E-state index >= 15 is 0 Å². The highest BCUT2D eigenvalue weighted by atomic mass is 35.5. The lowest BCUT2D eigenvalue weighted by molar-refractivity contribution is 0.0524. The summed E-state index contributed by atoms with van der Waals surface area (Å²) in [4.78, 5) is 12.0. The van der Waals surface area contributed by atoms with Crippen LogP contribution >= 0.6 is 12.4 Å². The summed E-state index contributed by atoms with van der Waals surface area (Å²) in [5.41, 5.74) is 1.98. The van der Waals surface area contributed by atoms with Crippen LogP contribution in [-0.2, 0) is 11.3 Å². The molecule has 2 fully saturated rings. The molecule has 7 heteroatoms. The third-order valence-corrected chi connectivity index (χ3v) is 5.56. The van der Waals surface area contributed by atoms with Gasteiger partial charge < -0.3 is 25.1 Å². The number of anilines is 1. The van der Waals surface area contributed by atoms with Gasteiger partial charge in [0.2, 0.25) is 0 Å². The number of furan rings is 1. The monoisotopic (exact) mass is 405 g/mol. The van der Waals surface area contributed by atoms with Crippen LogP contribution in [0.2, 0.25) is 0 Å². The van der Waals surface area contributed by atoms with Crippen LogP contribution in [0.15, 0.2) is 47.1 Å². The summed E-state index contributed by atoms with van der Waals surface area (Å²) >= 11 is 0. The number of halogens is 1. The van der Waals surface area contributed by atoms with Gasteiger partial charge in [0.25, 0.3) is 5.91 Å². The third-order valence-electron chi connectivity index (χ3n) is 5.56. The number of morpholine rings is 1. The summed E-state index contributed by atoms with van der Waals surface area (Å²) in [5.74, 6) is 0.715. The van der Waals surface area contributed by atoms with E-state index in [9.17, 15) is 4.79 Å². The zero-order chi connectivity index (χ0) is 18.5. The van der Waals surface area contributed by atoms with E-state index in [0.717, 1.165) is 32.0 Å². The Morgan fingerprint density at radius 2 is 2.04 bits per heavy atom. The van der Waals surface area contributed by atoms with E-state index in [1.165, 1.54) is 31.1 Å². The Kier molecular flexibility index (Phi) is 7.50. The van der Waals surface area contributed by atoms with Crippen molar-refractivity contribution in [3.05, 3.63) is 54.0 Å². The predicted molar refractivity (Wildman–Crippen MR) is 111 cm³/mol. The van der Waals surface area contributed by atoms with E-state index in [2.05, 4.69) is 28.1 Å². The number of carbonyl (C=O) groups excluding carboxylic acids is 1. The van der Waals surface area contributed by atoms with Gasteiger partial charge in [0, 0.05) is 30.9 Å². The van der Waals surface area contributed by atoms with E-state index in [-0.39, 0.29) is 18.3 Å². The summed E-state index contributed by atoms with van der Waals surface area (Å²) in [6.45, 7) is 3.44. The maximum Gasteiger partial charge on any atom is 0.291 e. The molecule has 4 rings (SSSR count). The number of carbonyl (C=O) groups is 1. The zero-order valence-electron chi connectivity index (χ0n) is 15.9. The Bertz CT molecular complexity index is 730. The van der Waals surface area contributed by atoms with E-state index in [0.29, 0.717) is 23.8 Å². The number of ether oxygens (including phenoxy) is 1. The lowest BCUT2D eigenvalue weighted by Gasteiger charge is -2.33. The molecule has 2 aromatic rings. The molecule has 0 bridgehead atoms. The number of hydrogen-bond donors (Lipinski definition) is 3. The standard InChI is InChI=1S/C21H27N3O3.ClH/c25-21(20-5-2-11-27-20)24-16-8-6-15(7-9-16)13-23-18-4-1-3-17(18)19-14-26-12-10-22-19;/h2,5-9,11,17-19,22-23H,1,3-4,10,12-14H2,(H,24,25);1H. The molecular weight excluding hydrogens is 378 g/mol. The molecule has 3 unspecified atom stereocenters. The highest BCUT2D eigenvalue weighted by Gasteiger charge is 2.34. The average Bonchev–Trinajstić information content (AvgIpc) is 3.40. The fourth-order valence-corrected chi connectivity index (χ4v) is 4.14. The van der Waals surface area contributed by atoms with Crippen molar-refractivity contribution in [1.29, 1.82) is 0 Å². The Morgan fingerprint density at radius 3 is 2.75 bits per heavy atom. The van der Waals surface area contributed by atoms with Crippen LogP contribution in [0.1, 0.15) is 35.4 Å². The van der Waals surface area contributed by atoms with Crippen LogP contribution in [-0.4, -0.2) is 37.7 Å². The average molecular weight is 406 g/mol. The minimum Gasteiger partial charge on any atom is -0.459 e. The first-order chi connectivity index (χ1) is 13.3. The first kappa shape index (κ1) is 20.9. The molecule has 0 spiro atoms. The number of amides is 1. The second-order valence-corrected chi connectivity index (χ2v) is 7.35. The Labute approximate surface area is 171 Å². The van der Waals surface area contributed by atoms with Crippen molar-refractivity contribution >= 4 is 24.0 Å². The first-order valence-corrected chi connectivity index (χ1v) is 9.78. The molecule has 3 atom stereocenters. The van der Waals surface area contributed by atoms with Crippen molar-refractivity contribution in [3.8, 4) is 0 Å². The van der Waals surface area contributed by atoms with Gasteiger partial charge in [0.15, 0.2) is 5.76 Å². The fourth-order valence-electron chi connectivity index (χ4n) is 4.14. The van der Waals surface area contributed by atoms with Crippen LogP contribution in [0.3, 0.4) is 0 Å². The molecule has 1 aliphatic carbocycles. The molecular formula is C21H28ClN3O3. The second kappa shape index (κ2) is 10.1. The van der Waals surface area contributed by atoms with Gasteiger partial charge in [-0.3, -0.25) is 4.79 Å². The highest BCUT2D eigenvalue weighted by molar-refractivity contribution is 6.02. The normalized spacial score (nSPS) is 24.5. The van der Waals surface area contributed by atoms with Crippen molar-refractivity contribution in [2.75, 3.05) is 25.1 Å². The van der Waals surface area contributed by atoms with Crippen molar-refractivity contribution in [1.82, 2.24) is 10.6 Å². The molecule has 6 nitrogen and oxygen atoms in total. The minimum atomic E-state index is -0.234. The molecule has 1 aromatic carbocycles. The number of rotatable bonds is 6. The summed E-state index contributed by atoms with van der Waals surface area (Å²) in [7, 11) is 0. The van der Waals surface area contributed by atoms with Gasteiger partial charge in [0.1, 0.15) is 0 Å². The van der Waals surface area contributed by atoms with Gasteiger partial charge in [-0.1, -0.05) is 18.6 Å². The van der Waals surface area contributed by atoms with Crippen molar-refractivity contribution in [2.45, 2.75) is 37.9 Å². The minimum absolute atomic E-state index is 0. The van der Waals surface area contributed by atoms with Crippen molar-refractivity contribution in [2.24, 2.45) is 5.92 Å². The Balaban J connectivity index is 0.00000225. The highest BCUT2D eigenvalue weighted by Crippen LogP contribution is 2.29. The number of benzene rings is 1. The molecule has 1 aromatic heterocycles. The zero-order valence-corrected chi connectivity index (χ0v) is 16.7. The summed E-state index contributed by atoms with van der Waals surface area (Å²) in [5, 5.41) is 10.2. The van der Waals surface area contributed by atoms with Crippen LogP contribution in [0.25, 0.3) is 0 Å². The summed E-state index contributed by atoms with van der Waals surface area (Å²) < 4.78 is 10.8. The van der Waals surface area contributed by atoms with Gasteiger partial charge in [-0.15, -0.1) is 12.4 Å². The third kappa shape index (κ3) is 5.14. The van der Waals surface area contributed by atoms with Crippen LogP contribution in [0, 0.1) is 5.92 Å². The van der Waals surface area contributed by atoms with E-state index < -0.39 is 0 Å². The summed E-state index contributed by atoms with van der Waals surface area (Å²) in [6, 6.07) is 12.3. The topological polar surface area (TPSA) is 75.5 Å². The second-order valence-electron chi connectivity index (χ2n) is 7.35. The smallest absolute Gasteiger partial charge is 0.291 e. The number of nitrogens with one attached hydrogen (secondary N) is 3.